The topological polar surface area (TPSA) is 66.5 Å². The molecule has 1 N–H and O–H groups in total. The van der Waals surface area contributed by atoms with E-state index >= 15 is 0 Å². The van der Waals surface area contributed by atoms with Crippen molar-refractivity contribution in [2.75, 3.05) is 25.4 Å². The highest BCUT2D eigenvalue weighted by Gasteiger charge is 2.51. The van der Waals surface area contributed by atoms with Gasteiger partial charge in [-0.3, -0.25) is 10.1 Å². The molecule has 2 heterocycles. The van der Waals surface area contributed by atoms with Gasteiger partial charge in [-0.1, -0.05) is 19.3 Å². The molecule has 1 atom stereocenters. The maximum atomic E-state index is 13.3. The third kappa shape index (κ3) is 3.49. The number of amides is 1. The molecular formula is C14H23ClF2N2O3S. The Morgan fingerprint density at radius 1 is 1.17 bits per heavy atom. The molecule has 0 radical (unpaired) electrons. The van der Waals surface area contributed by atoms with E-state index in [0.29, 0.717) is 12.8 Å². The Kier molecular flexibility index (Phi) is 5.28. The lowest BCUT2D eigenvalue weighted by atomic mass is 9.87. The van der Waals surface area contributed by atoms with Crippen LogP contribution in [-0.2, 0) is 14.6 Å². The minimum Gasteiger partial charge on any atom is -0.339 e. The van der Waals surface area contributed by atoms with Crippen molar-refractivity contribution in [3.63, 3.8) is 0 Å². The van der Waals surface area contributed by atoms with E-state index in [2.05, 4.69) is 5.32 Å². The first-order valence-corrected chi connectivity index (χ1v) is 9.52. The molecule has 0 aromatic rings. The summed E-state index contributed by atoms with van der Waals surface area (Å²) in [5, 5.41) is 2.57. The van der Waals surface area contributed by atoms with E-state index in [1.807, 2.05) is 0 Å². The molecule has 9 heteroatoms. The van der Waals surface area contributed by atoms with Crippen molar-refractivity contribution < 1.29 is 22.0 Å². The number of carbonyl (C=O) groups is 1. The fourth-order valence-electron chi connectivity index (χ4n) is 3.94. The predicted molar refractivity (Wildman–Crippen MR) is 84.8 cm³/mol. The standard InChI is InChI=1S/C14H22F2N2O3S.ClH/c15-14(16)8-11(17-9-14)12(19)18-6-7-22(20,21)13(10-18)4-2-1-3-5-13;/h11,17H,1-10H2;1H. The lowest BCUT2D eigenvalue weighted by Crippen LogP contribution is -2.60. The second kappa shape index (κ2) is 6.44. The van der Waals surface area contributed by atoms with Crippen molar-refractivity contribution in [2.45, 2.75) is 55.2 Å². The fourth-order valence-corrected chi connectivity index (χ4v) is 6.09. The van der Waals surface area contributed by atoms with Crippen LogP contribution in [0, 0.1) is 0 Å². The molecule has 2 aliphatic heterocycles. The minimum atomic E-state index is -3.22. The molecule has 1 spiro atoms. The van der Waals surface area contributed by atoms with E-state index in [0.717, 1.165) is 19.3 Å². The van der Waals surface area contributed by atoms with Crippen LogP contribution < -0.4 is 5.32 Å². The number of carbonyl (C=O) groups excluding carboxylic acids is 1. The van der Waals surface area contributed by atoms with Crippen molar-refractivity contribution in [1.29, 1.82) is 0 Å². The lowest BCUT2D eigenvalue weighted by Gasteiger charge is -2.44. The number of sulfone groups is 1. The molecule has 0 aromatic heterocycles. The number of rotatable bonds is 1. The van der Waals surface area contributed by atoms with Crippen LogP contribution in [0.15, 0.2) is 0 Å². The van der Waals surface area contributed by atoms with Crippen molar-refractivity contribution in [3.05, 3.63) is 0 Å². The lowest BCUT2D eigenvalue weighted by molar-refractivity contribution is -0.134. The number of nitrogens with zero attached hydrogens (tertiary/aromatic N) is 1. The molecule has 1 aliphatic carbocycles. The Labute approximate surface area is 141 Å². The molecule has 3 rings (SSSR count). The summed E-state index contributed by atoms with van der Waals surface area (Å²) in [5.74, 6) is -3.29. The summed E-state index contributed by atoms with van der Waals surface area (Å²) in [5.41, 5.74) is 0. The highest BCUT2D eigenvalue weighted by Crippen LogP contribution is 2.39. The number of hydrogen-bond donors (Lipinski definition) is 1. The van der Waals surface area contributed by atoms with Gasteiger partial charge in [0.15, 0.2) is 9.84 Å². The van der Waals surface area contributed by atoms with Crippen LogP contribution in [0.2, 0.25) is 0 Å². The van der Waals surface area contributed by atoms with Gasteiger partial charge in [-0.2, -0.15) is 0 Å². The third-order valence-corrected chi connectivity index (χ3v) is 7.83. The quantitative estimate of drug-likeness (QED) is 0.755. The molecule has 1 unspecified atom stereocenters. The molecule has 23 heavy (non-hydrogen) atoms. The minimum absolute atomic E-state index is 0. The summed E-state index contributed by atoms with van der Waals surface area (Å²) in [6, 6.07) is -0.892. The summed E-state index contributed by atoms with van der Waals surface area (Å²) < 4.78 is 50.6. The van der Waals surface area contributed by atoms with Crippen molar-refractivity contribution in [2.24, 2.45) is 0 Å². The molecule has 0 aromatic carbocycles. The van der Waals surface area contributed by atoms with E-state index in [9.17, 15) is 22.0 Å². The molecule has 5 nitrogen and oxygen atoms in total. The number of halogens is 3. The zero-order valence-corrected chi connectivity index (χ0v) is 14.5. The van der Waals surface area contributed by atoms with Crippen LogP contribution in [0.3, 0.4) is 0 Å². The summed E-state index contributed by atoms with van der Waals surface area (Å²) >= 11 is 0. The molecule has 134 valence electrons. The fraction of sp³-hybridized carbons (Fsp3) is 0.929. The van der Waals surface area contributed by atoms with Gasteiger partial charge in [0.05, 0.1) is 23.1 Å². The van der Waals surface area contributed by atoms with Gasteiger partial charge in [0, 0.05) is 19.5 Å². The van der Waals surface area contributed by atoms with Gasteiger partial charge in [0.1, 0.15) is 0 Å². The first-order chi connectivity index (χ1) is 10.2. The summed E-state index contributed by atoms with van der Waals surface area (Å²) in [4.78, 5) is 14.0. The van der Waals surface area contributed by atoms with Gasteiger partial charge >= 0.3 is 0 Å². The molecular weight excluding hydrogens is 350 g/mol. The Morgan fingerprint density at radius 2 is 1.83 bits per heavy atom. The van der Waals surface area contributed by atoms with E-state index in [-0.39, 0.29) is 37.2 Å². The highest BCUT2D eigenvalue weighted by molar-refractivity contribution is 7.92. The average molecular weight is 373 g/mol. The smallest absolute Gasteiger partial charge is 0.262 e. The van der Waals surface area contributed by atoms with E-state index in [1.54, 1.807) is 0 Å². The Morgan fingerprint density at radius 3 is 2.39 bits per heavy atom. The van der Waals surface area contributed by atoms with Crippen LogP contribution in [0.1, 0.15) is 38.5 Å². The van der Waals surface area contributed by atoms with Crippen LogP contribution in [0.25, 0.3) is 0 Å². The normalized spacial score (nSPS) is 31.6. The second-order valence-corrected chi connectivity index (χ2v) is 9.32. The first kappa shape index (κ1) is 18.9. The van der Waals surface area contributed by atoms with Crippen molar-refractivity contribution >= 4 is 28.2 Å². The monoisotopic (exact) mass is 372 g/mol. The Hall–Kier alpha value is -0.470. The zero-order chi connectivity index (χ0) is 16.0. The van der Waals surface area contributed by atoms with Crippen molar-refractivity contribution in [1.82, 2.24) is 10.2 Å². The summed E-state index contributed by atoms with van der Waals surface area (Å²) in [7, 11) is -3.22. The maximum Gasteiger partial charge on any atom is 0.262 e. The molecule has 0 bridgehead atoms. The van der Waals surface area contributed by atoms with Gasteiger partial charge in [0.2, 0.25) is 5.91 Å². The van der Waals surface area contributed by atoms with Crippen molar-refractivity contribution in [3.8, 4) is 0 Å². The van der Waals surface area contributed by atoms with E-state index < -0.39 is 39.5 Å². The number of hydrogen-bond acceptors (Lipinski definition) is 4. The summed E-state index contributed by atoms with van der Waals surface area (Å²) in [6.07, 6.45) is 3.37. The van der Waals surface area contributed by atoms with Crippen LogP contribution in [-0.4, -0.2) is 61.3 Å². The third-order valence-electron chi connectivity index (χ3n) is 5.25. The average Bonchev–Trinajstić information content (AvgIpc) is 2.83. The van der Waals surface area contributed by atoms with Gasteiger partial charge in [-0.25, -0.2) is 17.2 Å². The molecule has 1 amide bonds. The van der Waals surface area contributed by atoms with Gasteiger partial charge < -0.3 is 4.90 Å². The van der Waals surface area contributed by atoms with Gasteiger partial charge in [-0.15, -0.1) is 12.4 Å². The second-order valence-electron chi connectivity index (χ2n) is 6.82. The number of alkyl halides is 2. The number of nitrogens with one attached hydrogen (secondary N) is 1. The van der Waals surface area contributed by atoms with E-state index in [4.69, 9.17) is 0 Å². The Balaban J connectivity index is 0.00000192. The maximum absolute atomic E-state index is 13.3. The first-order valence-electron chi connectivity index (χ1n) is 7.87. The van der Waals surface area contributed by atoms with Gasteiger partial charge in [0.25, 0.3) is 5.92 Å². The largest absolute Gasteiger partial charge is 0.339 e. The summed E-state index contributed by atoms with van der Waals surface area (Å²) in [6.45, 7) is -0.203. The van der Waals surface area contributed by atoms with Crippen LogP contribution >= 0.6 is 12.4 Å². The van der Waals surface area contributed by atoms with Crippen LogP contribution in [0.5, 0.6) is 0 Å². The molecule has 3 aliphatic rings. The van der Waals surface area contributed by atoms with E-state index in [1.165, 1.54) is 4.90 Å². The van der Waals surface area contributed by atoms with Crippen LogP contribution in [0.4, 0.5) is 8.78 Å². The van der Waals surface area contributed by atoms with Gasteiger partial charge in [-0.05, 0) is 12.8 Å². The predicted octanol–water partition coefficient (Wildman–Crippen LogP) is 1.37. The SMILES string of the molecule is Cl.O=C(C1CC(F)(F)CN1)N1CCS(=O)(=O)C2(CCCCC2)C1. The highest BCUT2D eigenvalue weighted by atomic mass is 35.5. The zero-order valence-electron chi connectivity index (χ0n) is 12.9. The molecule has 1 saturated carbocycles. The molecule has 2 saturated heterocycles. The molecule has 3 fully saturated rings. The Bertz CT molecular complexity index is 564.